The summed E-state index contributed by atoms with van der Waals surface area (Å²) in [7, 11) is 1.54. The van der Waals surface area contributed by atoms with Crippen LogP contribution in [0.1, 0.15) is 39.9 Å². The number of rotatable bonds is 9. The lowest BCUT2D eigenvalue weighted by Crippen LogP contribution is -2.32. The van der Waals surface area contributed by atoms with Crippen LogP contribution in [0.15, 0.2) is 24.3 Å². The summed E-state index contributed by atoms with van der Waals surface area (Å²) in [5.74, 6) is -2.72. The van der Waals surface area contributed by atoms with Crippen LogP contribution in [-0.4, -0.2) is 49.5 Å². The Morgan fingerprint density at radius 3 is 2.46 bits per heavy atom. The number of aromatic amines is 1. The molecule has 0 spiro atoms. The summed E-state index contributed by atoms with van der Waals surface area (Å²) in [4.78, 5) is 40.2. The van der Waals surface area contributed by atoms with E-state index in [0.29, 0.717) is 24.3 Å². The van der Waals surface area contributed by atoms with Gasteiger partial charge in [0.05, 0.1) is 12.2 Å². The van der Waals surface area contributed by atoms with Crippen molar-refractivity contribution in [3.8, 4) is 11.1 Å². The molecule has 0 aliphatic rings. The summed E-state index contributed by atoms with van der Waals surface area (Å²) in [6.07, 6.45) is 0.554. The van der Waals surface area contributed by atoms with Gasteiger partial charge in [0.15, 0.2) is 0 Å². The third-order valence-corrected chi connectivity index (χ3v) is 4.04. The fraction of sp³-hybridized carbons (Fsp3) is 0.350. The minimum absolute atomic E-state index is 0.0450. The number of hydrogen-bond acceptors (Lipinski definition) is 5. The van der Waals surface area contributed by atoms with Crippen molar-refractivity contribution in [1.82, 2.24) is 10.3 Å². The summed E-state index contributed by atoms with van der Waals surface area (Å²) in [6.45, 7) is 4.14. The van der Waals surface area contributed by atoms with Crippen molar-refractivity contribution < 1.29 is 28.2 Å². The van der Waals surface area contributed by atoms with Crippen LogP contribution < -0.4 is 5.32 Å². The molecule has 28 heavy (non-hydrogen) atoms. The van der Waals surface area contributed by atoms with Crippen LogP contribution in [0, 0.1) is 12.7 Å². The number of carbonyl (C=O) groups is 3. The number of nitrogens with one attached hydrogen (secondary N) is 2. The topological polar surface area (TPSA) is 97.5 Å². The molecule has 0 fully saturated rings. The molecule has 2 N–H and O–H groups in total. The molecule has 0 saturated carbocycles. The Kier molecular flexibility index (Phi) is 7.45. The number of benzene rings is 1. The van der Waals surface area contributed by atoms with Gasteiger partial charge >= 0.3 is 5.97 Å². The van der Waals surface area contributed by atoms with Crippen LogP contribution >= 0.6 is 0 Å². The number of ether oxygens (including phenoxy) is 2. The Labute approximate surface area is 162 Å². The van der Waals surface area contributed by atoms with Crippen molar-refractivity contribution >= 4 is 17.7 Å². The summed E-state index contributed by atoms with van der Waals surface area (Å²) in [5, 5.41) is 2.52. The highest BCUT2D eigenvalue weighted by atomic mass is 19.1. The first-order valence-electron chi connectivity index (χ1n) is 8.87. The highest BCUT2D eigenvalue weighted by Gasteiger charge is 2.29. The molecule has 0 saturated heterocycles. The largest absolute Gasteiger partial charge is 0.462 e. The number of H-pyrrole nitrogens is 1. The third kappa shape index (κ3) is 4.83. The fourth-order valence-electron chi connectivity index (χ4n) is 2.77. The van der Waals surface area contributed by atoms with E-state index in [4.69, 9.17) is 9.47 Å². The van der Waals surface area contributed by atoms with E-state index < -0.39 is 23.5 Å². The molecule has 0 aliphatic carbocycles. The molecule has 150 valence electrons. The number of methoxy groups -OCH3 is 1. The van der Waals surface area contributed by atoms with E-state index in [0.717, 1.165) is 0 Å². The smallest absolute Gasteiger partial charge is 0.340 e. The average Bonchev–Trinajstić information content (AvgIpc) is 3.02. The fourth-order valence-corrected chi connectivity index (χ4v) is 2.77. The van der Waals surface area contributed by atoms with Gasteiger partial charge in [-0.15, -0.1) is 0 Å². The Hall–Kier alpha value is -3.00. The zero-order chi connectivity index (χ0) is 20.7. The maximum atomic E-state index is 13.3. The van der Waals surface area contributed by atoms with Crippen molar-refractivity contribution in [1.29, 1.82) is 0 Å². The molecule has 1 amide bonds. The molecular weight excluding hydrogens is 367 g/mol. The van der Waals surface area contributed by atoms with E-state index in [1.807, 2.05) is 0 Å². The number of Topliss-reactive ketones (excluding diaryl/α,β-unsaturated/α-hetero) is 1. The second kappa shape index (κ2) is 9.80. The van der Waals surface area contributed by atoms with E-state index in [1.165, 1.54) is 24.3 Å². The molecule has 1 heterocycles. The lowest BCUT2D eigenvalue weighted by molar-refractivity contribution is -0.117. The van der Waals surface area contributed by atoms with E-state index in [2.05, 4.69) is 10.3 Å². The zero-order valence-corrected chi connectivity index (χ0v) is 16.1. The lowest BCUT2D eigenvalue weighted by Gasteiger charge is -2.08. The third-order valence-electron chi connectivity index (χ3n) is 4.04. The van der Waals surface area contributed by atoms with Gasteiger partial charge < -0.3 is 19.8 Å². The van der Waals surface area contributed by atoms with Crippen LogP contribution in [-0.2, 0) is 14.3 Å². The van der Waals surface area contributed by atoms with Gasteiger partial charge in [-0.25, -0.2) is 9.18 Å². The Morgan fingerprint density at radius 1 is 1.18 bits per heavy atom. The van der Waals surface area contributed by atoms with Crippen molar-refractivity contribution in [2.75, 3.05) is 26.9 Å². The Bertz CT molecular complexity index is 858. The average molecular weight is 390 g/mol. The summed E-state index contributed by atoms with van der Waals surface area (Å²) >= 11 is 0. The van der Waals surface area contributed by atoms with Crippen LogP contribution in [0.2, 0.25) is 0 Å². The molecular formula is C20H23FN2O5. The monoisotopic (exact) mass is 390 g/mol. The maximum Gasteiger partial charge on any atom is 0.340 e. The zero-order valence-electron chi connectivity index (χ0n) is 16.1. The van der Waals surface area contributed by atoms with Gasteiger partial charge in [-0.05, 0) is 38.0 Å². The number of ketones is 1. The Morgan fingerprint density at radius 2 is 1.86 bits per heavy atom. The molecule has 1 aromatic heterocycles. The minimum Gasteiger partial charge on any atom is -0.462 e. The number of carbonyl (C=O) groups excluding carboxylic acids is 3. The molecule has 0 aliphatic heterocycles. The Balaban J connectivity index is 2.44. The highest BCUT2D eigenvalue weighted by molar-refractivity contribution is 6.43. The van der Waals surface area contributed by atoms with Crippen LogP contribution in [0.25, 0.3) is 11.1 Å². The molecule has 7 nitrogen and oxygen atoms in total. The molecule has 2 rings (SSSR count). The van der Waals surface area contributed by atoms with Crippen molar-refractivity contribution in [3.63, 3.8) is 0 Å². The minimum atomic E-state index is -0.824. The molecule has 0 bridgehead atoms. The second-order valence-corrected chi connectivity index (χ2v) is 6.03. The van der Waals surface area contributed by atoms with Crippen LogP contribution in [0.5, 0.6) is 0 Å². The van der Waals surface area contributed by atoms with Gasteiger partial charge in [0.25, 0.3) is 11.7 Å². The summed E-state index contributed by atoms with van der Waals surface area (Å²) in [6, 6.07) is 5.30. The molecule has 0 atom stereocenters. The second-order valence-electron chi connectivity index (χ2n) is 6.03. The predicted octanol–water partition coefficient (Wildman–Crippen LogP) is 2.64. The van der Waals surface area contributed by atoms with Gasteiger partial charge in [-0.2, -0.15) is 0 Å². The SMILES string of the molecule is CCOC(=O)c1c(C)[nH]c(C(=O)C(=O)NCCCOC)c1-c1ccc(F)cc1. The predicted molar refractivity (Wildman–Crippen MR) is 101 cm³/mol. The molecule has 2 aromatic rings. The first-order chi connectivity index (χ1) is 13.4. The van der Waals surface area contributed by atoms with Crippen molar-refractivity contribution in [3.05, 3.63) is 47.0 Å². The van der Waals surface area contributed by atoms with Crippen molar-refractivity contribution in [2.24, 2.45) is 0 Å². The number of aromatic nitrogens is 1. The molecule has 8 heteroatoms. The van der Waals surface area contributed by atoms with E-state index in [1.54, 1.807) is 21.0 Å². The molecule has 0 radical (unpaired) electrons. The van der Waals surface area contributed by atoms with Gasteiger partial charge in [0, 0.05) is 31.5 Å². The summed E-state index contributed by atoms with van der Waals surface area (Å²) in [5.41, 5.74) is 1.12. The first-order valence-corrected chi connectivity index (χ1v) is 8.87. The standard InChI is InChI=1S/C20H23FN2O5/c1-4-28-20(26)15-12(2)23-17(16(15)13-6-8-14(21)9-7-13)18(24)19(25)22-10-5-11-27-3/h6-9,23H,4-5,10-11H2,1-3H3,(H,22,25). The van der Waals surface area contributed by atoms with Gasteiger partial charge in [-0.3, -0.25) is 9.59 Å². The van der Waals surface area contributed by atoms with Gasteiger partial charge in [-0.1, -0.05) is 12.1 Å². The molecule has 1 aromatic carbocycles. The number of esters is 1. The maximum absolute atomic E-state index is 13.3. The van der Waals surface area contributed by atoms with E-state index >= 15 is 0 Å². The number of halogens is 1. The number of hydrogen-bond donors (Lipinski definition) is 2. The lowest BCUT2D eigenvalue weighted by atomic mass is 9.98. The number of aryl methyl sites for hydroxylation is 1. The first kappa shape index (κ1) is 21.3. The normalized spacial score (nSPS) is 10.6. The van der Waals surface area contributed by atoms with Crippen molar-refractivity contribution in [2.45, 2.75) is 20.3 Å². The number of amides is 1. The van der Waals surface area contributed by atoms with E-state index in [9.17, 15) is 18.8 Å². The van der Waals surface area contributed by atoms with Crippen LogP contribution in [0.4, 0.5) is 4.39 Å². The van der Waals surface area contributed by atoms with Gasteiger partial charge in [0.2, 0.25) is 0 Å². The quantitative estimate of drug-likeness (QED) is 0.297. The van der Waals surface area contributed by atoms with Gasteiger partial charge in [0.1, 0.15) is 11.5 Å². The van der Waals surface area contributed by atoms with E-state index in [-0.39, 0.29) is 30.0 Å². The summed E-state index contributed by atoms with van der Waals surface area (Å²) < 4.78 is 23.3. The highest BCUT2D eigenvalue weighted by Crippen LogP contribution is 2.31. The molecule has 0 unspecified atom stereocenters. The van der Waals surface area contributed by atoms with Crippen LogP contribution in [0.3, 0.4) is 0 Å².